The first-order valence-electron chi connectivity index (χ1n) is 10.2. The summed E-state index contributed by atoms with van der Waals surface area (Å²) in [4.78, 5) is 41.9. The van der Waals surface area contributed by atoms with Crippen LogP contribution in [-0.2, 0) is 14.3 Å². The van der Waals surface area contributed by atoms with Crippen molar-refractivity contribution in [3.05, 3.63) is 30.1 Å². The number of carbonyl (C=O) groups is 3. The largest absolute Gasteiger partial charge is 0.490 e. The number of likely N-dealkylation sites (tertiary alicyclic amines) is 1. The number of carboxylic acid groups (broad SMARTS) is 1. The molecule has 3 aliphatic heterocycles. The van der Waals surface area contributed by atoms with Crippen molar-refractivity contribution in [3.8, 4) is 0 Å². The van der Waals surface area contributed by atoms with Crippen LogP contribution in [0.25, 0.3) is 0 Å². The normalized spacial score (nSPS) is 22.7. The van der Waals surface area contributed by atoms with Crippen molar-refractivity contribution in [2.24, 2.45) is 0 Å². The number of halogens is 3. The molecule has 12 heteroatoms. The lowest BCUT2D eigenvalue weighted by atomic mass is 9.82. The van der Waals surface area contributed by atoms with Gasteiger partial charge in [0.1, 0.15) is 0 Å². The SMILES string of the molecule is O=C(O)C(F)(F)F.O=C1NC2(CCN(C(=O)N3CCOCC3)CC2)CC1c1cccnc1. The molecule has 0 radical (unpaired) electrons. The van der Waals surface area contributed by atoms with Gasteiger partial charge in [-0.25, -0.2) is 9.59 Å². The van der Waals surface area contributed by atoms with Crippen LogP contribution in [0.5, 0.6) is 0 Å². The third kappa shape index (κ3) is 5.67. The van der Waals surface area contributed by atoms with Gasteiger partial charge in [-0.15, -0.1) is 0 Å². The van der Waals surface area contributed by atoms with Gasteiger partial charge in [-0.2, -0.15) is 13.2 Å². The average Bonchev–Trinajstić information content (AvgIpc) is 3.10. The minimum Gasteiger partial charge on any atom is -0.475 e. The second kappa shape index (κ2) is 9.72. The van der Waals surface area contributed by atoms with Crippen LogP contribution in [0.2, 0.25) is 0 Å². The summed E-state index contributed by atoms with van der Waals surface area (Å²) in [5.41, 5.74) is 0.794. The number of nitrogens with one attached hydrogen (secondary N) is 1. The minimum absolute atomic E-state index is 0.0842. The molecule has 1 unspecified atom stereocenters. The van der Waals surface area contributed by atoms with E-state index in [4.69, 9.17) is 14.6 Å². The zero-order valence-electron chi connectivity index (χ0n) is 17.3. The van der Waals surface area contributed by atoms with Crippen molar-refractivity contribution in [1.82, 2.24) is 20.1 Å². The van der Waals surface area contributed by atoms with Crippen LogP contribution in [0.3, 0.4) is 0 Å². The average molecular weight is 458 g/mol. The number of carbonyl (C=O) groups excluding carboxylic acids is 2. The Kier molecular flexibility index (Phi) is 7.22. The molecular formula is C20H25F3N4O5. The number of nitrogens with zero attached hydrogens (tertiary/aromatic N) is 3. The number of rotatable bonds is 1. The summed E-state index contributed by atoms with van der Waals surface area (Å²) in [6.07, 6.45) is 0.830. The maximum Gasteiger partial charge on any atom is 0.490 e. The number of amides is 3. The molecule has 3 fully saturated rings. The number of morpholine rings is 1. The molecule has 3 aliphatic rings. The summed E-state index contributed by atoms with van der Waals surface area (Å²) in [6, 6.07) is 3.94. The van der Waals surface area contributed by atoms with Crippen molar-refractivity contribution in [2.45, 2.75) is 36.9 Å². The Morgan fingerprint density at radius 3 is 2.28 bits per heavy atom. The molecule has 3 saturated heterocycles. The molecule has 176 valence electrons. The van der Waals surface area contributed by atoms with Crippen molar-refractivity contribution >= 4 is 17.9 Å². The van der Waals surface area contributed by atoms with E-state index in [1.807, 2.05) is 21.9 Å². The van der Waals surface area contributed by atoms with Crippen molar-refractivity contribution in [1.29, 1.82) is 0 Å². The highest BCUT2D eigenvalue weighted by Gasteiger charge is 2.47. The highest BCUT2D eigenvalue weighted by atomic mass is 19.4. The molecule has 2 N–H and O–H groups in total. The smallest absolute Gasteiger partial charge is 0.475 e. The molecule has 4 heterocycles. The second-order valence-electron chi connectivity index (χ2n) is 7.98. The van der Waals surface area contributed by atoms with Gasteiger partial charge in [0.05, 0.1) is 19.1 Å². The number of ether oxygens (including phenoxy) is 1. The topological polar surface area (TPSA) is 112 Å². The fourth-order valence-corrected chi connectivity index (χ4v) is 4.14. The van der Waals surface area contributed by atoms with Crippen LogP contribution in [0.1, 0.15) is 30.7 Å². The number of urea groups is 1. The van der Waals surface area contributed by atoms with Crippen LogP contribution in [0.4, 0.5) is 18.0 Å². The van der Waals surface area contributed by atoms with E-state index in [9.17, 15) is 22.8 Å². The first-order valence-corrected chi connectivity index (χ1v) is 10.2. The quantitative estimate of drug-likeness (QED) is 0.661. The lowest BCUT2D eigenvalue weighted by molar-refractivity contribution is -0.192. The Bertz CT molecular complexity index is 822. The van der Waals surface area contributed by atoms with Gasteiger partial charge >= 0.3 is 18.2 Å². The molecule has 32 heavy (non-hydrogen) atoms. The maximum atomic E-state index is 12.6. The highest BCUT2D eigenvalue weighted by molar-refractivity contribution is 5.87. The number of aliphatic carboxylic acids is 1. The second-order valence-corrected chi connectivity index (χ2v) is 7.98. The minimum atomic E-state index is -5.08. The van der Waals surface area contributed by atoms with E-state index in [1.54, 1.807) is 12.4 Å². The molecule has 0 bridgehead atoms. The molecule has 0 aliphatic carbocycles. The molecule has 1 spiro atoms. The van der Waals surface area contributed by atoms with Gasteiger partial charge in [-0.1, -0.05) is 6.07 Å². The first kappa shape index (κ1) is 23.8. The molecule has 1 aromatic heterocycles. The van der Waals surface area contributed by atoms with Crippen LogP contribution in [0.15, 0.2) is 24.5 Å². The van der Waals surface area contributed by atoms with Crippen molar-refractivity contribution in [2.75, 3.05) is 39.4 Å². The number of alkyl halides is 3. The summed E-state index contributed by atoms with van der Waals surface area (Å²) in [5, 5.41) is 10.3. The molecule has 3 amide bonds. The predicted molar refractivity (Wildman–Crippen MR) is 105 cm³/mol. The highest BCUT2D eigenvalue weighted by Crippen LogP contribution is 2.39. The molecule has 0 saturated carbocycles. The molecule has 4 rings (SSSR count). The molecule has 0 aromatic carbocycles. The van der Waals surface area contributed by atoms with E-state index in [1.165, 1.54) is 0 Å². The van der Waals surface area contributed by atoms with Gasteiger partial charge in [-0.05, 0) is 30.9 Å². The van der Waals surface area contributed by atoms with Gasteiger partial charge in [0.15, 0.2) is 0 Å². The van der Waals surface area contributed by atoms with Crippen molar-refractivity contribution < 1.29 is 37.4 Å². The lowest BCUT2D eigenvalue weighted by Gasteiger charge is -2.41. The maximum absolute atomic E-state index is 12.6. The van der Waals surface area contributed by atoms with E-state index in [0.29, 0.717) is 39.4 Å². The third-order valence-electron chi connectivity index (χ3n) is 5.90. The summed E-state index contributed by atoms with van der Waals surface area (Å²) in [5.74, 6) is -2.80. The predicted octanol–water partition coefficient (Wildman–Crippen LogP) is 1.61. The van der Waals surface area contributed by atoms with Crippen LogP contribution >= 0.6 is 0 Å². The molecule has 9 nitrogen and oxygen atoms in total. The first-order chi connectivity index (χ1) is 15.1. The van der Waals surface area contributed by atoms with Crippen LogP contribution in [-0.4, -0.2) is 88.9 Å². The van der Waals surface area contributed by atoms with Gasteiger partial charge < -0.3 is 25.0 Å². The van der Waals surface area contributed by atoms with E-state index in [-0.39, 0.29) is 23.4 Å². The van der Waals surface area contributed by atoms with Gasteiger partial charge in [0, 0.05) is 44.1 Å². The number of pyridine rings is 1. The van der Waals surface area contributed by atoms with E-state index >= 15 is 0 Å². The molecular weight excluding hydrogens is 433 g/mol. The van der Waals surface area contributed by atoms with E-state index in [0.717, 1.165) is 24.8 Å². The fraction of sp³-hybridized carbons (Fsp3) is 0.600. The van der Waals surface area contributed by atoms with Crippen molar-refractivity contribution in [3.63, 3.8) is 0 Å². The fourth-order valence-electron chi connectivity index (χ4n) is 4.14. The Morgan fingerprint density at radius 2 is 1.75 bits per heavy atom. The zero-order chi connectivity index (χ0) is 23.4. The summed E-state index contributed by atoms with van der Waals surface area (Å²) < 4.78 is 37.1. The number of hydrogen-bond donors (Lipinski definition) is 2. The number of piperidine rings is 1. The molecule has 1 atom stereocenters. The Morgan fingerprint density at radius 1 is 1.16 bits per heavy atom. The third-order valence-corrected chi connectivity index (χ3v) is 5.90. The molecule has 1 aromatic rings. The number of carboxylic acids is 1. The van der Waals surface area contributed by atoms with E-state index < -0.39 is 12.1 Å². The Hall–Kier alpha value is -2.89. The van der Waals surface area contributed by atoms with Crippen LogP contribution < -0.4 is 5.32 Å². The van der Waals surface area contributed by atoms with Crippen LogP contribution in [0, 0.1) is 0 Å². The summed E-state index contributed by atoms with van der Waals surface area (Å²) in [7, 11) is 0. The summed E-state index contributed by atoms with van der Waals surface area (Å²) >= 11 is 0. The van der Waals surface area contributed by atoms with Gasteiger partial charge in [0.25, 0.3) is 0 Å². The number of hydrogen-bond acceptors (Lipinski definition) is 5. The standard InChI is InChI=1S/C18H24N4O3.C2HF3O2/c23-16-15(14-2-1-5-19-13-14)12-18(20-16)3-6-21(7-4-18)17(24)22-8-10-25-11-9-22;3-2(4,5)1(6)7/h1-2,5,13,15H,3-4,6-12H2,(H,20,23);(H,6,7). The lowest BCUT2D eigenvalue weighted by Crippen LogP contribution is -2.56. The van der Waals surface area contributed by atoms with Gasteiger partial charge in [0.2, 0.25) is 5.91 Å². The van der Waals surface area contributed by atoms with E-state index in [2.05, 4.69) is 10.3 Å². The number of aromatic nitrogens is 1. The Labute approximate surface area is 182 Å². The zero-order valence-corrected chi connectivity index (χ0v) is 17.3. The monoisotopic (exact) mass is 458 g/mol. The summed E-state index contributed by atoms with van der Waals surface area (Å²) in [6.45, 7) is 3.95. The Balaban J connectivity index is 0.000000360. The van der Waals surface area contributed by atoms with Gasteiger partial charge in [-0.3, -0.25) is 9.78 Å².